The van der Waals surface area contributed by atoms with Gasteiger partial charge in [-0.05, 0) is 84.0 Å². The Bertz CT molecular complexity index is 1110. The Morgan fingerprint density at radius 3 is 2.33 bits per heavy atom. The van der Waals surface area contributed by atoms with Gasteiger partial charge in [-0.3, -0.25) is 14.9 Å². The van der Waals surface area contributed by atoms with E-state index >= 15 is 0 Å². The van der Waals surface area contributed by atoms with Crippen LogP contribution in [0, 0.1) is 12.3 Å². The molecule has 2 aromatic rings. The molecule has 4 rings (SSSR count). The minimum atomic E-state index is -1.14. The van der Waals surface area contributed by atoms with Crippen LogP contribution in [0.4, 0.5) is 5.69 Å². The van der Waals surface area contributed by atoms with Crippen molar-refractivity contribution in [3.05, 3.63) is 35.8 Å². The Kier molecular flexibility index (Phi) is 9.17. The van der Waals surface area contributed by atoms with Crippen molar-refractivity contribution in [1.82, 2.24) is 14.9 Å². The lowest BCUT2D eigenvalue weighted by molar-refractivity contribution is -0.160. The molecule has 214 valence electrons. The molecule has 0 saturated carbocycles. The Balaban J connectivity index is 1.66. The highest BCUT2D eigenvalue weighted by atomic mass is 16.5. The maximum atomic E-state index is 12.6. The van der Waals surface area contributed by atoms with Crippen molar-refractivity contribution in [3.63, 3.8) is 0 Å². The van der Waals surface area contributed by atoms with Crippen molar-refractivity contribution in [2.24, 2.45) is 5.41 Å². The Hall–Kier alpha value is -2.71. The van der Waals surface area contributed by atoms with Gasteiger partial charge in [-0.1, -0.05) is 20.3 Å². The fourth-order valence-electron chi connectivity index (χ4n) is 5.47. The quantitative estimate of drug-likeness (QED) is 0.423. The zero-order valence-corrected chi connectivity index (χ0v) is 24.6. The third-order valence-corrected chi connectivity index (χ3v) is 7.82. The molecule has 2 aliphatic heterocycles. The van der Waals surface area contributed by atoms with Gasteiger partial charge in [0, 0.05) is 42.7 Å². The van der Waals surface area contributed by atoms with Crippen LogP contribution in [-0.4, -0.2) is 70.9 Å². The summed E-state index contributed by atoms with van der Waals surface area (Å²) in [7, 11) is 0. The molecule has 1 N–H and O–H groups in total. The summed E-state index contributed by atoms with van der Waals surface area (Å²) in [6.07, 6.45) is 8.33. The number of aryl methyl sites for hydroxylation is 1. The molecule has 0 aliphatic carbocycles. The van der Waals surface area contributed by atoms with Gasteiger partial charge >= 0.3 is 5.97 Å². The highest BCUT2D eigenvalue weighted by Gasteiger charge is 2.36. The van der Waals surface area contributed by atoms with Crippen molar-refractivity contribution >= 4 is 11.7 Å². The lowest BCUT2D eigenvalue weighted by Crippen LogP contribution is -2.39. The monoisotopic (exact) mass is 538 g/mol. The normalized spacial score (nSPS) is 19.1. The van der Waals surface area contributed by atoms with Crippen LogP contribution in [0.3, 0.4) is 0 Å². The molecular formula is C31H46N4O4. The molecule has 8 nitrogen and oxygen atoms in total. The summed E-state index contributed by atoms with van der Waals surface area (Å²) >= 11 is 0. The van der Waals surface area contributed by atoms with Crippen LogP contribution in [0.25, 0.3) is 11.3 Å². The number of aliphatic carboxylic acids is 1. The van der Waals surface area contributed by atoms with Crippen LogP contribution < -0.4 is 9.64 Å². The summed E-state index contributed by atoms with van der Waals surface area (Å²) in [5, 5.41) is 10.3. The minimum Gasteiger partial charge on any atom is -0.491 e. The molecule has 0 unspecified atom stereocenters. The van der Waals surface area contributed by atoms with E-state index in [-0.39, 0.29) is 5.41 Å². The molecule has 1 atom stereocenters. The number of pyridine rings is 2. The maximum absolute atomic E-state index is 12.6. The van der Waals surface area contributed by atoms with Gasteiger partial charge in [0.05, 0.1) is 23.2 Å². The average molecular weight is 539 g/mol. The first-order valence-corrected chi connectivity index (χ1v) is 14.4. The standard InChI is InChI=1S/C31H46N4O4/c1-22-26(28(29(36)37)39-30(2,3)4)27(35-16-12-31(5,6)13-17-35)24(21-32-22)25-11-10-23(20-33-25)38-19-18-34-14-8-7-9-15-34/h10-11,20-21,28H,7-9,12-19H2,1-6H3,(H,36,37)/t28-/m0/s1. The topological polar surface area (TPSA) is 88.0 Å². The van der Waals surface area contributed by atoms with Gasteiger partial charge in [-0.25, -0.2) is 4.79 Å². The fraction of sp³-hybridized carbons (Fsp3) is 0.645. The van der Waals surface area contributed by atoms with E-state index in [1.54, 1.807) is 6.20 Å². The number of ether oxygens (including phenoxy) is 2. The van der Waals surface area contributed by atoms with Gasteiger partial charge in [0.2, 0.25) is 0 Å². The van der Waals surface area contributed by atoms with Crippen LogP contribution in [0.2, 0.25) is 0 Å². The molecule has 2 aliphatic rings. The number of hydrogen-bond acceptors (Lipinski definition) is 7. The number of hydrogen-bond donors (Lipinski definition) is 1. The zero-order chi connectivity index (χ0) is 28.2. The van der Waals surface area contributed by atoms with E-state index in [9.17, 15) is 9.90 Å². The van der Waals surface area contributed by atoms with Gasteiger partial charge in [0.15, 0.2) is 6.10 Å². The van der Waals surface area contributed by atoms with E-state index in [0.29, 0.717) is 17.9 Å². The largest absolute Gasteiger partial charge is 0.491 e. The fourth-order valence-corrected chi connectivity index (χ4v) is 5.47. The molecule has 2 saturated heterocycles. The van der Waals surface area contributed by atoms with Crippen molar-refractivity contribution in [1.29, 1.82) is 0 Å². The first kappa shape index (κ1) is 29.3. The van der Waals surface area contributed by atoms with Gasteiger partial charge in [-0.2, -0.15) is 0 Å². The number of carboxylic acid groups (broad SMARTS) is 1. The number of aromatic nitrogens is 2. The van der Waals surface area contributed by atoms with E-state index in [2.05, 4.69) is 28.6 Å². The van der Waals surface area contributed by atoms with Gasteiger partial charge in [-0.15, -0.1) is 0 Å². The van der Waals surface area contributed by atoms with Crippen LogP contribution in [0.1, 0.15) is 84.1 Å². The molecular weight excluding hydrogens is 492 g/mol. The van der Waals surface area contributed by atoms with Crippen molar-refractivity contribution in [3.8, 4) is 17.0 Å². The van der Waals surface area contributed by atoms with Crippen molar-refractivity contribution < 1.29 is 19.4 Å². The number of carboxylic acids is 1. The number of piperidine rings is 2. The molecule has 0 bridgehead atoms. The second-order valence-electron chi connectivity index (χ2n) is 12.7. The summed E-state index contributed by atoms with van der Waals surface area (Å²) in [6.45, 7) is 17.6. The van der Waals surface area contributed by atoms with E-state index < -0.39 is 17.7 Å². The lowest BCUT2D eigenvalue weighted by Gasteiger charge is -2.40. The van der Waals surface area contributed by atoms with Crippen molar-refractivity contribution in [2.45, 2.75) is 85.4 Å². The predicted octanol–water partition coefficient (Wildman–Crippen LogP) is 5.88. The number of nitrogens with zero attached hydrogens (tertiary/aromatic N) is 4. The van der Waals surface area contributed by atoms with Gasteiger partial charge < -0.3 is 19.5 Å². The van der Waals surface area contributed by atoms with Crippen LogP contribution in [0.15, 0.2) is 24.5 Å². The highest BCUT2D eigenvalue weighted by Crippen LogP contribution is 2.43. The minimum absolute atomic E-state index is 0.248. The summed E-state index contributed by atoms with van der Waals surface area (Å²) in [5.74, 6) is -0.284. The summed E-state index contributed by atoms with van der Waals surface area (Å²) in [6, 6.07) is 3.89. The number of likely N-dealkylation sites (tertiary alicyclic amines) is 1. The molecule has 2 fully saturated rings. The smallest absolute Gasteiger partial charge is 0.337 e. The predicted molar refractivity (Wildman–Crippen MR) is 154 cm³/mol. The molecule has 4 heterocycles. The second-order valence-corrected chi connectivity index (χ2v) is 12.7. The lowest BCUT2D eigenvalue weighted by atomic mass is 9.82. The highest BCUT2D eigenvalue weighted by molar-refractivity contribution is 5.85. The molecule has 8 heteroatoms. The molecule has 2 aromatic heterocycles. The van der Waals surface area contributed by atoms with Crippen molar-refractivity contribution in [2.75, 3.05) is 44.2 Å². The number of anilines is 1. The molecule has 0 radical (unpaired) electrons. The van der Waals surface area contributed by atoms with Crippen LogP contribution in [-0.2, 0) is 9.53 Å². The van der Waals surface area contributed by atoms with E-state index in [0.717, 1.165) is 68.3 Å². The van der Waals surface area contributed by atoms with E-state index in [1.807, 2.05) is 46.0 Å². The second kappa shape index (κ2) is 12.2. The van der Waals surface area contributed by atoms with Gasteiger partial charge in [0.25, 0.3) is 0 Å². The third-order valence-electron chi connectivity index (χ3n) is 7.82. The van der Waals surface area contributed by atoms with Crippen LogP contribution >= 0.6 is 0 Å². The van der Waals surface area contributed by atoms with E-state index in [4.69, 9.17) is 14.5 Å². The average Bonchev–Trinajstić information content (AvgIpc) is 2.88. The molecule has 0 amide bonds. The third kappa shape index (κ3) is 7.70. The van der Waals surface area contributed by atoms with Gasteiger partial charge in [0.1, 0.15) is 12.4 Å². The Morgan fingerprint density at radius 2 is 1.74 bits per heavy atom. The summed E-state index contributed by atoms with van der Waals surface area (Å²) < 4.78 is 12.1. The summed E-state index contributed by atoms with van der Waals surface area (Å²) in [5.41, 5.74) is 3.30. The summed E-state index contributed by atoms with van der Waals surface area (Å²) in [4.78, 5) is 26.7. The zero-order valence-electron chi connectivity index (χ0n) is 24.6. The van der Waals surface area contributed by atoms with E-state index in [1.165, 1.54) is 19.3 Å². The maximum Gasteiger partial charge on any atom is 0.337 e. The molecule has 39 heavy (non-hydrogen) atoms. The molecule has 0 aromatic carbocycles. The Morgan fingerprint density at radius 1 is 1.05 bits per heavy atom. The SMILES string of the molecule is Cc1ncc(-c2ccc(OCCN3CCCCC3)cn2)c(N2CCC(C)(C)CC2)c1[C@H](OC(C)(C)C)C(=O)O. The first-order chi connectivity index (χ1) is 18.4. The Labute approximate surface area is 233 Å². The van der Waals surface area contributed by atoms with Crippen LogP contribution in [0.5, 0.6) is 5.75 Å². The molecule has 0 spiro atoms. The number of carbonyl (C=O) groups is 1. The first-order valence-electron chi connectivity index (χ1n) is 14.4. The number of rotatable bonds is 9.